The third kappa shape index (κ3) is 3.97. The molecule has 1 aromatic carbocycles. The summed E-state index contributed by atoms with van der Waals surface area (Å²) >= 11 is 5.91. The van der Waals surface area contributed by atoms with Crippen molar-refractivity contribution in [1.29, 1.82) is 0 Å². The minimum Gasteiger partial charge on any atom is -0.383 e. The molecule has 0 radical (unpaired) electrons. The molecule has 6 nitrogen and oxygen atoms in total. The summed E-state index contributed by atoms with van der Waals surface area (Å²) in [5.74, 6) is -0.215. The second kappa shape index (κ2) is 7.58. The zero-order valence-electron chi connectivity index (χ0n) is 12.5. The summed E-state index contributed by atoms with van der Waals surface area (Å²) in [7, 11) is 1.51. The highest BCUT2D eigenvalue weighted by molar-refractivity contribution is 6.30. The van der Waals surface area contributed by atoms with Crippen LogP contribution in [0.25, 0.3) is 0 Å². The fourth-order valence-corrected chi connectivity index (χ4v) is 2.61. The SMILES string of the molecule is COCC(N)C(=O)N1CCN(C(=O)c2cccc(Cl)c2)CC1. The highest BCUT2D eigenvalue weighted by Crippen LogP contribution is 2.14. The lowest BCUT2D eigenvalue weighted by Gasteiger charge is -2.35. The fraction of sp³-hybridized carbons (Fsp3) is 0.467. The van der Waals surface area contributed by atoms with Crippen molar-refractivity contribution in [2.24, 2.45) is 5.73 Å². The molecule has 1 heterocycles. The molecule has 1 aliphatic rings. The van der Waals surface area contributed by atoms with Gasteiger partial charge in [0.15, 0.2) is 0 Å². The lowest BCUT2D eigenvalue weighted by atomic mass is 10.1. The second-order valence-corrected chi connectivity index (χ2v) is 5.63. The van der Waals surface area contributed by atoms with E-state index in [4.69, 9.17) is 22.1 Å². The topological polar surface area (TPSA) is 75.9 Å². The van der Waals surface area contributed by atoms with Gasteiger partial charge in [0.2, 0.25) is 5.91 Å². The van der Waals surface area contributed by atoms with E-state index in [1.54, 1.807) is 34.1 Å². The van der Waals surface area contributed by atoms with Crippen LogP contribution in [0.15, 0.2) is 24.3 Å². The lowest BCUT2D eigenvalue weighted by molar-refractivity contribution is -0.135. The molecule has 120 valence electrons. The standard InChI is InChI=1S/C15H20ClN3O3/c1-22-10-13(17)15(21)19-7-5-18(6-8-19)14(20)11-3-2-4-12(16)9-11/h2-4,9,13H,5-8,10,17H2,1H3. The summed E-state index contributed by atoms with van der Waals surface area (Å²) in [6, 6.07) is 6.21. The highest BCUT2D eigenvalue weighted by atomic mass is 35.5. The van der Waals surface area contributed by atoms with Gasteiger partial charge in [-0.1, -0.05) is 17.7 Å². The zero-order valence-corrected chi connectivity index (χ0v) is 13.3. The first kappa shape index (κ1) is 16.7. The van der Waals surface area contributed by atoms with E-state index in [0.29, 0.717) is 36.8 Å². The van der Waals surface area contributed by atoms with Crippen molar-refractivity contribution in [1.82, 2.24) is 9.80 Å². The third-order valence-corrected chi connectivity index (χ3v) is 3.85. The van der Waals surface area contributed by atoms with Crippen molar-refractivity contribution in [2.75, 3.05) is 39.9 Å². The maximum absolute atomic E-state index is 12.4. The molecule has 2 amide bonds. The van der Waals surface area contributed by atoms with Gasteiger partial charge in [0, 0.05) is 43.9 Å². The van der Waals surface area contributed by atoms with E-state index >= 15 is 0 Å². The van der Waals surface area contributed by atoms with Crippen LogP contribution < -0.4 is 5.73 Å². The average Bonchev–Trinajstić information content (AvgIpc) is 2.54. The summed E-state index contributed by atoms with van der Waals surface area (Å²) in [5, 5.41) is 0.533. The van der Waals surface area contributed by atoms with Gasteiger partial charge in [-0.2, -0.15) is 0 Å². The first-order valence-corrected chi connectivity index (χ1v) is 7.49. The number of hydrogen-bond donors (Lipinski definition) is 1. The summed E-state index contributed by atoms with van der Waals surface area (Å²) in [6.45, 7) is 2.11. The van der Waals surface area contributed by atoms with E-state index in [9.17, 15) is 9.59 Å². The van der Waals surface area contributed by atoms with E-state index in [0.717, 1.165) is 0 Å². The Hall–Kier alpha value is -1.63. The van der Waals surface area contributed by atoms with Gasteiger partial charge < -0.3 is 20.3 Å². The Bertz CT molecular complexity index is 545. The van der Waals surface area contributed by atoms with Gasteiger partial charge in [-0.3, -0.25) is 9.59 Å². The molecular weight excluding hydrogens is 306 g/mol. The van der Waals surface area contributed by atoms with Crippen LogP contribution in [0.4, 0.5) is 0 Å². The van der Waals surface area contributed by atoms with E-state index < -0.39 is 6.04 Å². The number of carbonyl (C=O) groups excluding carboxylic acids is 2. The summed E-state index contributed by atoms with van der Waals surface area (Å²) in [4.78, 5) is 27.9. The predicted molar refractivity (Wildman–Crippen MR) is 83.8 cm³/mol. The molecule has 1 aromatic rings. The van der Waals surface area contributed by atoms with E-state index in [2.05, 4.69) is 0 Å². The van der Waals surface area contributed by atoms with Crippen LogP contribution in [0.1, 0.15) is 10.4 Å². The Morgan fingerprint density at radius 1 is 1.27 bits per heavy atom. The van der Waals surface area contributed by atoms with Crippen molar-refractivity contribution < 1.29 is 14.3 Å². The normalized spacial score (nSPS) is 16.5. The lowest BCUT2D eigenvalue weighted by Crippen LogP contribution is -2.55. The first-order chi connectivity index (χ1) is 10.5. The molecule has 7 heteroatoms. The number of nitrogens with two attached hydrogens (primary N) is 1. The van der Waals surface area contributed by atoms with Crippen LogP contribution in [-0.4, -0.2) is 67.6 Å². The molecule has 0 saturated carbocycles. The van der Waals surface area contributed by atoms with E-state index in [1.807, 2.05) is 0 Å². The Morgan fingerprint density at radius 2 is 1.91 bits per heavy atom. The predicted octanol–water partition coefficient (Wildman–Crippen LogP) is 0.598. The molecule has 2 rings (SSSR count). The number of benzene rings is 1. The number of halogens is 1. The molecule has 2 N–H and O–H groups in total. The van der Waals surface area contributed by atoms with Gasteiger partial charge in [-0.25, -0.2) is 0 Å². The molecule has 1 atom stereocenters. The molecule has 0 bridgehead atoms. The number of piperazine rings is 1. The number of amides is 2. The Morgan fingerprint density at radius 3 is 2.50 bits per heavy atom. The van der Waals surface area contributed by atoms with Crippen LogP contribution in [-0.2, 0) is 9.53 Å². The van der Waals surface area contributed by atoms with Gasteiger partial charge in [0.1, 0.15) is 6.04 Å². The molecule has 1 aliphatic heterocycles. The van der Waals surface area contributed by atoms with Crippen LogP contribution in [0.2, 0.25) is 5.02 Å². The minimum absolute atomic E-state index is 0.0733. The average molecular weight is 326 g/mol. The highest BCUT2D eigenvalue weighted by Gasteiger charge is 2.27. The van der Waals surface area contributed by atoms with Crippen molar-refractivity contribution in [3.63, 3.8) is 0 Å². The van der Waals surface area contributed by atoms with Gasteiger partial charge in [0.25, 0.3) is 5.91 Å². The first-order valence-electron chi connectivity index (χ1n) is 7.11. The number of methoxy groups -OCH3 is 1. The maximum Gasteiger partial charge on any atom is 0.254 e. The summed E-state index contributed by atoms with van der Waals surface area (Å²) in [5.41, 5.74) is 6.31. The molecule has 1 unspecified atom stereocenters. The van der Waals surface area contributed by atoms with Gasteiger partial charge in [-0.15, -0.1) is 0 Å². The molecule has 22 heavy (non-hydrogen) atoms. The molecule has 0 aliphatic carbocycles. The maximum atomic E-state index is 12.4. The number of hydrogen-bond acceptors (Lipinski definition) is 4. The Labute approximate surface area is 134 Å². The van der Waals surface area contributed by atoms with Crippen molar-refractivity contribution in [3.05, 3.63) is 34.9 Å². The number of nitrogens with zero attached hydrogens (tertiary/aromatic N) is 2. The minimum atomic E-state index is -0.653. The molecule has 1 saturated heterocycles. The summed E-state index contributed by atoms with van der Waals surface area (Å²) < 4.78 is 4.89. The molecule has 0 aromatic heterocycles. The Balaban J connectivity index is 1.92. The molecular formula is C15H20ClN3O3. The quantitative estimate of drug-likeness (QED) is 0.879. The van der Waals surface area contributed by atoms with Crippen LogP contribution in [0.5, 0.6) is 0 Å². The second-order valence-electron chi connectivity index (χ2n) is 5.19. The van der Waals surface area contributed by atoms with Crippen molar-refractivity contribution in [2.45, 2.75) is 6.04 Å². The van der Waals surface area contributed by atoms with Gasteiger partial charge >= 0.3 is 0 Å². The number of rotatable bonds is 4. The van der Waals surface area contributed by atoms with Crippen LogP contribution >= 0.6 is 11.6 Å². The van der Waals surface area contributed by atoms with E-state index in [1.165, 1.54) is 7.11 Å². The monoisotopic (exact) mass is 325 g/mol. The van der Waals surface area contributed by atoms with Crippen LogP contribution in [0.3, 0.4) is 0 Å². The van der Waals surface area contributed by atoms with E-state index in [-0.39, 0.29) is 18.4 Å². The fourth-order valence-electron chi connectivity index (χ4n) is 2.42. The zero-order chi connectivity index (χ0) is 16.1. The smallest absolute Gasteiger partial charge is 0.254 e. The largest absolute Gasteiger partial charge is 0.383 e. The number of ether oxygens (including phenoxy) is 1. The van der Waals surface area contributed by atoms with Gasteiger partial charge in [0.05, 0.1) is 6.61 Å². The van der Waals surface area contributed by atoms with Crippen LogP contribution in [0, 0.1) is 0 Å². The van der Waals surface area contributed by atoms with Crippen molar-refractivity contribution in [3.8, 4) is 0 Å². The summed E-state index contributed by atoms with van der Waals surface area (Å²) in [6.07, 6.45) is 0. The van der Waals surface area contributed by atoms with Crippen molar-refractivity contribution >= 4 is 23.4 Å². The van der Waals surface area contributed by atoms with Gasteiger partial charge in [-0.05, 0) is 18.2 Å². The molecule has 0 spiro atoms. The Kier molecular flexibility index (Phi) is 5.76. The number of carbonyl (C=O) groups is 2. The molecule has 1 fully saturated rings. The third-order valence-electron chi connectivity index (χ3n) is 3.61.